The van der Waals surface area contributed by atoms with Crippen molar-refractivity contribution in [2.45, 2.75) is 0 Å². The summed E-state index contributed by atoms with van der Waals surface area (Å²) >= 11 is 0. The van der Waals surface area contributed by atoms with Gasteiger partial charge in [0.2, 0.25) is 0 Å². The van der Waals surface area contributed by atoms with Crippen molar-refractivity contribution in [2.24, 2.45) is 0 Å². The zero-order valence-electron chi connectivity index (χ0n) is 2.34. The Morgan fingerprint density at radius 1 is 0.400 bits per heavy atom. The van der Waals surface area contributed by atoms with Gasteiger partial charge in [-0.2, -0.15) is 0 Å². The van der Waals surface area contributed by atoms with Crippen LogP contribution in [0.5, 0.6) is 0 Å². The van der Waals surface area contributed by atoms with Crippen molar-refractivity contribution in [2.75, 3.05) is 0 Å². The summed E-state index contributed by atoms with van der Waals surface area (Å²) in [6, 6.07) is 0. The minimum absolute atomic E-state index is 0. The molecular weight excluding hydrogens is 195 g/mol. The summed E-state index contributed by atoms with van der Waals surface area (Å²) in [5.41, 5.74) is 0. The van der Waals surface area contributed by atoms with Crippen molar-refractivity contribution in [3.8, 4) is 0 Å². The molecule has 0 amide bonds. The monoisotopic (exact) mass is 202 g/mol. The van der Waals surface area contributed by atoms with Crippen LogP contribution in [0.25, 0.3) is 0 Å². The normalized spacial score (nSPS) is 0. The van der Waals surface area contributed by atoms with Gasteiger partial charge in [0.05, 0.1) is 0 Å². The fourth-order valence-electron chi connectivity index (χ4n) is 0. The Morgan fingerprint density at radius 2 is 0.400 bits per heavy atom. The fourth-order valence-corrected chi connectivity index (χ4v) is 0. The predicted octanol–water partition coefficient (Wildman–Crippen LogP) is -0.306. The van der Waals surface area contributed by atoms with Crippen LogP contribution in [0.4, 0.5) is 18.8 Å². The van der Waals surface area contributed by atoms with Gasteiger partial charge in [-0.25, -0.2) is 0 Å². The van der Waals surface area contributed by atoms with Crippen molar-refractivity contribution in [1.82, 2.24) is 0 Å². The van der Waals surface area contributed by atoms with Gasteiger partial charge in [0.15, 0.2) is 0 Å². The van der Waals surface area contributed by atoms with Gasteiger partial charge >= 0.3 is 23.9 Å². The Balaban J connectivity index is 0. The van der Waals surface area contributed by atoms with Gasteiger partial charge in [0, 0.05) is 0 Å². The first kappa shape index (κ1) is 419. The Kier molecular flexibility index (Phi) is 17400. The van der Waals surface area contributed by atoms with Crippen LogP contribution in [-0.4, -0.2) is 23.9 Å². The van der Waals surface area contributed by atoms with E-state index in [1.807, 2.05) is 0 Å². The summed E-state index contributed by atoms with van der Waals surface area (Å²) in [5, 5.41) is 0. The molecule has 0 N–H and O–H groups in total. The van der Waals surface area contributed by atoms with E-state index in [2.05, 4.69) is 0 Å². The van der Waals surface area contributed by atoms with Gasteiger partial charge in [-0.3, -0.25) is 18.8 Å². The zero-order valence-corrected chi connectivity index (χ0v) is 6.38. The SMILES string of the molecule is F.F.F.F.[SnH2]. The second-order valence-electron chi connectivity index (χ2n) is 0. The average Bonchev–Trinajstić information content (AvgIpc) is 0. The van der Waals surface area contributed by atoms with Crippen molar-refractivity contribution in [1.29, 1.82) is 0 Å². The molecule has 0 aromatic carbocycles. The van der Waals surface area contributed by atoms with Gasteiger partial charge in [0.1, 0.15) is 0 Å². The molecule has 5 heteroatoms. The number of hydrogen-bond donors (Lipinski definition) is 0. The number of hydrogen-bond acceptors (Lipinski definition) is 0. The predicted molar refractivity (Wildman–Crippen MR) is 18.6 cm³/mol. The van der Waals surface area contributed by atoms with E-state index in [4.69, 9.17) is 0 Å². The third-order valence-electron chi connectivity index (χ3n) is 0. The number of halogens is 4. The molecule has 0 spiro atoms. The van der Waals surface area contributed by atoms with Crippen LogP contribution in [0.1, 0.15) is 0 Å². The molecule has 5 heavy (non-hydrogen) atoms. The van der Waals surface area contributed by atoms with Gasteiger partial charge < -0.3 is 0 Å². The van der Waals surface area contributed by atoms with E-state index in [0.717, 1.165) is 0 Å². The molecule has 0 aromatic heterocycles. The molecule has 0 bridgehead atoms. The Morgan fingerprint density at radius 3 is 0.400 bits per heavy atom. The van der Waals surface area contributed by atoms with E-state index in [-0.39, 0.29) is 42.7 Å². The van der Waals surface area contributed by atoms with Crippen LogP contribution >= 0.6 is 0 Å². The van der Waals surface area contributed by atoms with E-state index in [9.17, 15) is 0 Å². The van der Waals surface area contributed by atoms with Crippen LogP contribution in [0.2, 0.25) is 0 Å². The molecule has 0 unspecified atom stereocenters. The molecule has 0 atom stereocenters. The molecule has 0 aromatic rings. The molecule has 38 valence electrons. The molecular formula is H6F4Sn. The zero-order chi connectivity index (χ0) is 0. The van der Waals surface area contributed by atoms with Crippen LogP contribution in [0.3, 0.4) is 0 Å². The van der Waals surface area contributed by atoms with Crippen LogP contribution in [0, 0.1) is 0 Å². The molecule has 0 aliphatic heterocycles. The van der Waals surface area contributed by atoms with Gasteiger partial charge in [-0.15, -0.1) is 0 Å². The molecule has 0 aliphatic carbocycles. The summed E-state index contributed by atoms with van der Waals surface area (Å²) in [6.45, 7) is 0. The third-order valence-corrected chi connectivity index (χ3v) is 0. The van der Waals surface area contributed by atoms with Gasteiger partial charge in [-0.1, -0.05) is 0 Å². The minimum atomic E-state index is 0. The molecule has 0 nitrogen and oxygen atoms in total. The summed E-state index contributed by atoms with van der Waals surface area (Å²) in [4.78, 5) is 0. The van der Waals surface area contributed by atoms with Crippen molar-refractivity contribution < 1.29 is 18.8 Å². The third kappa shape index (κ3) is 107. The van der Waals surface area contributed by atoms with Crippen molar-refractivity contribution in [3.63, 3.8) is 0 Å². The van der Waals surface area contributed by atoms with E-state index in [0.29, 0.717) is 0 Å². The second-order valence-corrected chi connectivity index (χ2v) is 0. The molecule has 0 saturated heterocycles. The van der Waals surface area contributed by atoms with Gasteiger partial charge in [-0.05, 0) is 0 Å². The Bertz CT molecular complexity index is 3.61. The summed E-state index contributed by atoms with van der Waals surface area (Å²) in [6.07, 6.45) is 0. The van der Waals surface area contributed by atoms with E-state index in [1.165, 1.54) is 0 Å². The van der Waals surface area contributed by atoms with E-state index in [1.54, 1.807) is 0 Å². The first-order valence-electron chi connectivity index (χ1n) is 0. The van der Waals surface area contributed by atoms with E-state index >= 15 is 0 Å². The van der Waals surface area contributed by atoms with Crippen molar-refractivity contribution in [3.05, 3.63) is 0 Å². The molecule has 0 heterocycles. The first-order valence-corrected chi connectivity index (χ1v) is 0. The summed E-state index contributed by atoms with van der Waals surface area (Å²) in [7, 11) is 0. The Labute approximate surface area is 43.4 Å². The van der Waals surface area contributed by atoms with Crippen molar-refractivity contribution >= 4 is 23.9 Å². The maximum atomic E-state index is 0. The van der Waals surface area contributed by atoms with Crippen LogP contribution < -0.4 is 0 Å². The topological polar surface area (TPSA) is 0 Å². The standard InChI is InChI=1S/4FH.Sn.2H/h4*1H;;;. The fraction of sp³-hybridized carbons (Fsp3) is 0. The number of rotatable bonds is 0. The second kappa shape index (κ2) is 208. The summed E-state index contributed by atoms with van der Waals surface area (Å²) in [5.74, 6) is 0. The van der Waals surface area contributed by atoms with E-state index < -0.39 is 0 Å². The average molecular weight is 201 g/mol. The Hall–Kier alpha value is 0.519. The molecule has 0 aliphatic rings. The van der Waals surface area contributed by atoms with Crippen LogP contribution in [-0.2, 0) is 0 Å². The first-order chi connectivity index (χ1) is 0. The molecule has 2 radical (unpaired) electrons. The quantitative estimate of drug-likeness (QED) is 0.372. The molecule has 0 saturated carbocycles. The maximum absolute atomic E-state index is 0. The van der Waals surface area contributed by atoms with Crippen LogP contribution in [0.15, 0.2) is 0 Å². The molecule has 0 fully saturated rings. The van der Waals surface area contributed by atoms with Gasteiger partial charge in [0.25, 0.3) is 0 Å². The molecule has 0 rings (SSSR count). The summed E-state index contributed by atoms with van der Waals surface area (Å²) < 4.78 is 0.